The molecule has 0 spiro atoms. The summed E-state index contributed by atoms with van der Waals surface area (Å²) in [7, 11) is 1.45. The molecule has 0 saturated heterocycles. The summed E-state index contributed by atoms with van der Waals surface area (Å²) in [5, 5.41) is 12.3. The van der Waals surface area contributed by atoms with E-state index in [1.165, 1.54) is 25.3 Å². The predicted octanol–water partition coefficient (Wildman–Crippen LogP) is 1.47. The number of hydrogen-bond acceptors (Lipinski definition) is 5. The number of amides is 1. The van der Waals surface area contributed by atoms with Gasteiger partial charge < -0.3 is 19.9 Å². The summed E-state index contributed by atoms with van der Waals surface area (Å²) >= 11 is 0. The Labute approximate surface area is 117 Å². The van der Waals surface area contributed by atoms with Crippen molar-refractivity contribution in [3.05, 3.63) is 23.8 Å². The first-order valence-electron chi connectivity index (χ1n) is 6.31. The number of aromatic hydroxyl groups is 1. The molecule has 0 aliphatic carbocycles. The lowest BCUT2D eigenvalue weighted by Gasteiger charge is -2.12. The van der Waals surface area contributed by atoms with E-state index < -0.39 is 5.97 Å². The molecule has 6 heteroatoms. The summed E-state index contributed by atoms with van der Waals surface area (Å²) < 4.78 is 9.75. The van der Waals surface area contributed by atoms with Crippen LogP contribution in [0, 0.1) is 0 Å². The smallest absolute Gasteiger partial charge is 0.342 e. The van der Waals surface area contributed by atoms with Crippen molar-refractivity contribution in [2.24, 2.45) is 0 Å². The lowest BCUT2D eigenvalue weighted by Crippen LogP contribution is -2.35. The summed E-state index contributed by atoms with van der Waals surface area (Å²) in [6.45, 7) is 3.41. The second kappa shape index (κ2) is 7.37. The molecular formula is C14H19NO5. The Morgan fingerprint density at radius 1 is 1.40 bits per heavy atom. The molecule has 0 fully saturated rings. The van der Waals surface area contributed by atoms with E-state index >= 15 is 0 Å². The van der Waals surface area contributed by atoms with Gasteiger partial charge in [0, 0.05) is 12.1 Å². The number of esters is 1. The second-order valence-electron chi connectivity index (χ2n) is 4.34. The molecular weight excluding hydrogens is 262 g/mol. The molecule has 0 unspecified atom stereocenters. The Hall–Kier alpha value is -2.24. The molecule has 0 radical (unpaired) electrons. The zero-order valence-electron chi connectivity index (χ0n) is 11.8. The third-order valence-corrected chi connectivity index (χ3v) is 2.78. The van der Waals surface area contributed by atoms with Crippen LogP contribution in [0.5, 0.6) is 11.5 Å². The van der Waals surface area contributed by atoms with Crippen LogP contribution < -0.4 is 10.1 Å². The van der Waals surface area contributed by atoms with Crippen LogP contribution in [0.4, 0.5) is 0 Å². The number of rotatable bonds is 6. The quantitative estimate of drug-likeness (QED) is 0.771. The Kier molecular flexibility index (Phi) is 5.83. The predicted molar refractivity (Wildman–Crippen MR) is 72.8 cm³/mol. The lowest BCUT2D eigenvalue weighted by atomic mass is 10.2. The van der Waals surface area contributed by atoms with E-state index in [0.29, 0.717) is 5.75 Å². The average Bonchev–Trinajstić information content (AvgIpc) is 2.44. The van der Waals surface area contributed by atoms with Gasteiger partial charge in [0.05, 0.1) is 7.11 Å². The normalized spacial score (nSPS) is 11.6. The first-order valence-corrected chi connectivity index (χ1v) is 6.31. The van der Waals surface area contributed by atoms with Crippen molar-refractivity contribution in [2.45, 2.75) is 26.3 Å². The molecule has 1 rings (SSSR count). The van der Waals surface area contributed by atoms with Crippen molar-refractivity contribution in [3.8, 4) is 11.5 Å². The maximum atomic E-state index is 11.7. The molecule has 2 N–H and O–H groups in total. The van der Waals surface area contributed by atoms with Crippen molar-refractivity contribution in [3.63, 3.8) is 0 Å². The van der Waals surface area contributed by atoms with Gasteiger partial charge in [0.2, 0.25) is 0 Å². The SMILES string of the molecule is CC[C@H](C)NC(=O)COC(=O)c1ccc(OC)cc1O. The highest BCUT2D eigenvalue weighted by Gasteiger charge is 2.15. The first kappa shape index (κ1) is 15.8. The molecule has 20 heavy (non-hydrogen) atoms. The maximum absolute atomic E-state index is 11.7. The molecule has 0 aliphatic rings. The molecule has 0 saturated carbocycles. The number of phenolic OH excluding ortho intramolecular Hbond substituents is 1. The van der Waals surface area contributed by atoms with Gasteiger partial charge in [-0.3, -0.25) is 4.79 Å². The van der Waals surface area contributed by atoms with E-state index in [0.717, 1.165) is 6.42 Å². The fraction of sp³-hybridized carbons (Fsp3) is 0.429. The maximum Gasteiger partial charge on any atom is 0.342 e. The van der Waals surface area contributed by atoms with Crippen LogP contribution in [0.1, 0.15) is 30.6 Å². The highest BCUT2D eigenvalue weighted by Crippen LogP contribution is 2.23. The van der Waals surface area contributed by atoms with E-state index in [2.05, 4.69) is 5.32 Å². The van der Waals surface area contributed by atoms with Gasteiger partial charge >= 0.3 is 5.97 Å². The van der Waals surface area contributed by atoms with Gasteiger partial charge in [0.25, 0.3) is 5.91 Å². The van der Waals surface area contributed by atoms with Crippen LogP contribution in [0.2, 0.25) is 0 Å². The third-order valence-electron chi connectivity index (χ3n) is 2.78. The van der Waals surface area contributed by atoms with Gasteiger partial charge in [-0.1, -0.05) is 6.92 Å². The minimum atomic E-state index is -0.760. The summed E-state index contributed by atoms with van der Waals surface area (Å²) in [4.78, 5) is 23.2. The van der Waals surface area contributed by atoms with Crippen LogP contribution in [0.25, 0.3) is 0 Å². The molecule has 1 aromatic rings. The number of carbonyl (C=O) groups is 2. The molecule has 0 heterocycles. The van der Waals surface area contributed by atoms with Gasteiger partial charge in [0.15, 0.2) is 6.61 Å². The largest absolute Gasteiger partial charge is 0.507 e. The molecule has 1 aromatic carbocycles. The van der Waals surface area contributed by atoms with Gasteiger partial charge in [-0.05, 0) is 25.5 Å². The summed E-state index contributed by atoms with van der Waals surface area (Å²) in [6.07, 6.45) is 0.791. The fourth-order valence-electron chi connectivity index (χ4n) is 1.44. The van der Waals surface area contributed by atoms with E-state index in [1.807, 2.05) is 13.8 Å². The highest BCUT2D eigenvalue weighted by atomic mass is 16.5. The van der Waals surface area contributed by atoms with Crippen molar-refractivity contribution in [2.75, 3.05) is 13.7 Å². The standard InChI is InChI=1S/C14H19NO5/c1-4-9(2)15-13(17)8-20-14(18)11-6-5-10(19-3)7-12(11)16/h5-7,9,16H,4,8H2,1-3H3,(H,15,17)/t9-/m0/s1. The van der Waals surface area contributed by atoms with E-state index in [-0.39, 0.29) is 29.9 Å². The Bertz CT molecular complexity index is 486. The lowest BCUT2D eigenvalue weighted by molar-refractivity contribution is -0.124. The Balaban J connectivity index is 2.57. The Morgan fingerprint density at radius 2 is 2.10 bits per heavy atom. The number of nitrogens with one attached hydrogen (secondary N) is 1. The zero-order chi connectivity index (χ0) is 15.1. The minimum Gasteiger partial charge on any atom is -0.507 e. The van der Waals surface area contributed by atoms with E-state index in [1.54, 1.807) is 0 Å². The molecule has 0 aliphatic heterocycles. The van der Waals surface area contributed by atoms with Crippen LogP contribution in [-0.2, 0) is 9.53 Å². The van der Waals surface area contributed by atoms with Crippen LogP contribution >= 0.6 is 0 Å². The van der Waals surface area contributed by atoms with Gasteiger partial charge in [-0.15, -0.1) is 0 Å². The molecule has 0 aromatic heterocycles. The fourth-order valence-corrected chi connectivity index (χ4v) is 1.44. The van der Waals surface area contributed by atoms with Crippen molar-refractivity contribution in [1.29, 1.82) is 0 Å². The highest BCUT2D eigenvalue weighted by molar-refractivity contribution is 5.94. The summed E-state index contributed by atoms with van der Waals surface area (Å²) in [5.41, 5.74) is -0.0119. The van der Waals surface area contributed by atoms with Crippen LogP contribution in [0.3, 0.4) is 0 Å². The number of methoxy groups -OCH3 is 1. The first-order chi connectivity index (χ1) is 9.47. The molecule has 1 atom stereocenters. The van der Waals surface area contributed by atoms with E-state index in [9.17, 15) is 14.7 Å². The number of benzene rings is 1. The van der Waals surface area contributed by atoms with Gasteiger partial charge in [-0.25, -0.2) is 4.79 Å². The molecule has 0 bridgehead atoms. The Morgan fingerprint density at radius 3 is 2.65 bits per heavy atom. The van der Waals surface area contributed by atoms with Crippen molar-refractivity contribution < 1.29 is 24.2 Å². The number of phenols is 1. The van der Waals surface area contributed by atoms with Crippen molar-refractivity contribution in [1.82, 2.24) is 5.32 Å². The van der Waals surface area contributed by atoms with Crippen LogP contribution in [-0.4, -0.2) is 36.7 Å². The molecule has 110 valence electrons. The average molecular weight is 281 g/mol. The zero-order valence-corrected chi connectivity index (χ0v) is 11.8. The van der Waals surface area contributed by atoms with Gasteiger partial charge in [-0.2, -0.15) is 0 Å². The number of carbonyl (C=O) groups excluding carboxylic acids is 2. The van der Waals surface area contributed by atoms with Gasteiger partial charge in [0.1, 0.15) is 17.1 Å². The molecule has 6 nitrogen and oxygen atoms in total. The van der Waals surface area contributed by atoms with Crippen molar-refractivity contribution >= 4 is 11.9 Å². The third kappa shape index (κ3) is 4.46. The number of ether oxygens (including phenoxy) is 2. The number of hydrogen-bond donors (Lipinski definition) is 2. The minimum absolute atomic E-state index is 0.0119. The summed E-state index contributed by atoms with van der Waals surface area (Å²) in [6, 6.07) is 4.23. The van der Waals surface area contributed by atoms with E-state index in [4.69, 9.17) is 9.47 Å². The monoisotopic (exact) mass is 281 g/mol. The summed E-state index contributed by atoms with van der Waals surface area (Å²) in [5.74, 6) is -0.963. The second-order valence-corrected chi connectivity index (χ2v) is 4.34. The molecule has 1 amide bonds. The topological polar surface area (TPSA) is 84.9 Å². The van der Waals surface area contributed by atoms with Crippen LogP contribution in [0.15, 0.2) is 18.2 Å².